The van der Waals surface area contributed by atoms with Crippen molar-refractivity contribution in [2.45, 2.75) is 24.8 Å². The van der Waals surface area contributed by atoms with Crippen molar-refractivity contribution in [3.8, 4) is 11.5 Å². The normalized spacial score (nSPS) is 11.5. The smallest absolute Gasteiger partial charge is 0.240 e. The third-order valence-corrected chi connectivity index (χ3v) is 5.65. The summed E-state index contributed by atoms with van der Waals surface area (Å²) >= 11 is 3.40. The summed E-state index contributed by atoms with van der Waals surface area (Å²) in [6.07, 6.45) is 2.50. The maximum Gasteiger partial charge on any atom is 0.240 e. The van der Waals surface area contributed by atoms with Crippen molar-refractivity contribution >= 4 is 26.0 Å². The third-order valence-electron chi connectivity index (χ3n) is 3.41. The van der Waals surface area contributed by atoms with Gasteiger partial charge in [0.25, 0.3) is 0 Å². The Bertz CT molecular complexity index is 786. The van der Waals surface area contributed by atoms with E-state index in [1.54, 1.807) is 10.7 Å². The van der Waals surface area contributed by atoms with Crippen LogP contribution in [-0.2, 0) is 16.6 Å². The number of sulfonamides is 1. The van der Waals surface area contributed by atoms with E-state index in [4.69, 9.17) is 9.47 Å². The maximum absolute atomic E-state index is 12.3. The first-order valence-corrected chi connectivity index (χ1v) is 9.56. The van der Waals surface area contributed by atoms with Gasteiger partial charge in [-0.25, -0.2) is 13.1 Å². The predicted octanol–water partition coefficient (Wildman–Crippen LogP) is 2.34. The van der Waals surface area contributed by atoms with Crippen molar-refractivity contribution in [1.82, 2.24) is 14.5 Å². The predicted molar refractivity (Wildman–Crippen MR) is 94.0 cm³/mol. The molecule has 1 aromatic carbocycles. The van der Waals surface area contributed by atoms with Crippen LogP contribution in [0.2, 0.25) is 0 Å². The average Bonchev–Trinajstić information content (AvgIpc) is 2.89. The summed E-state index contributed by atoms with van der Waals surface area (Å²) in [4.78, 5) is 0.137. The molecule has 0 amide bonds. The Morgan fingerprint density at radius 2 is 1.96 bits per heavy atom. The van der Waals surface area contributed by atoms with E-state index in [2.05, 4.69) is 25.8 Å². The first kappa shape index (κ1) is 18.8. The number of hydrogen-bond acceptors (Lipinski definition) is 5. The highest BCUT2D eigenvalue weighted by atomic mass is 79.9. The van der Waals surface area contributed by atoms with Crippen molar-refractivity contribution in [3.63, 3.8) is 0 Å². The van der Waals surface area contributed by atoms with Gasteiger partial charge in [0.05, 0.1) is 29.3 Å². The van der Waals surface area contributed by atoms with Crippen molar-refractivity contribution in [2.24, 2.45) is 0 Å². The Balaban J connectivity index is 1.96. The molecule has 1 N–H and O–H groups in total. The number of nitrogens with zero attached hydrogens (tertiary/aromatic N) is 2. The molecule has 24 heavy (non-hydrogen) atoms. The Kier molecular flexibility index (Phi) is 6.25. The van der Waals surface area contributed by atoms with Gasteiger partial charge in [0.15, 0.2) is 11.5 Å². The molecule has 0 aliphatic rings. The Hall–Kier alpha value is -1.58. The maximum atomic E-state index is 12.3. The third kappa shape index (κ3) is 4.49. The molecular formula is C15H20BrN3O4S. The van der Waals surface area contributed by atoms with E-state index < -0.39 is 10.0 Å². The topological polar surface area (TPSA) is 82.5 Å². The molecular weight excluding hydrogens is 398 g/mol. The van der Waals surface area contributed by atoms with Gasteiger partial charge in [0.1, 0.15) is 0 Å². The van der Waals surface area contributed by atoms with Crippen LogP contribution >= 0.6 is 15.9 Å². The lowest BCUT2D eigenvalue weighted by molar-refractivity contribution is 0.354. The Morgan fingerprint density at radius 3 is 2.54 bits per heavy atom. The van der Waals surface area contributed by atoms with Crippen LogP contribution in [0.1, 0.15) is 12.1 Å². The molecule has 0 aliphatic heterocycles. The minimum atomic E-state index is -3.60. The van der Waals surface area contributed by atoms with E-state index in [1.165, 1.54) is 26.4 Å². The van der Waals surface area contributed by atoms with Crippen LogP contribution in [0.15, 0.2) is 33.8 Å². The van der Waals surface area contributed by atoms with Gasteiger partial charge in [-0.15, -0.1) is 0 Å². The van der Waals surface area contributed by atoms with E-state index in [0.717, 1.165) is 10.2 Å². The molecule has 0 saturated heterocycles. The van der Waals surface area contributed by atoms with Crippen LogP contribution in [0.25, 0.3) is 0 Å². The number of rotatable bonds is 8. The lowest BCUT2D eigenvalue weighted by Gasteiger charge is -2.11. The molecule has 132 valence electrons. The lowest BCUT2D eigenvalue weighted by atomic mass is 10.3. The number of aryl methyl sites for hydroxylation is 2. The van der Waals surface area contributed by atoms with Gasteiger partial charge in [-0.3, -0.25) is 4.68 Å². The van der Waals surface area contributed by atoms with Gasteiger partial charge in [0, 0.05) is 25.4 Å². The number of aromatic nitrogens is 2. The molecule has 0 atom stereocenters. The van der Waals surface area contributed by atoms with Crippen molar-refractivity contribution in [2.75, 3.05) is 20.8 Å². The van der Waals surface area contributed by atoms with Crippen molar-refractivity contribution < 1.29 is 17.9 Å². The van der Waals surface area contributed by atoms with E-state index in [9.17, 15) is 8.42 Å². The average molecular weight is 418 g/mol. The summed E-state index contributed by atoms with van der Waals surface area (Å²) in [5.41, 5.74) is 0.904. The minimum absolute atomic E-state index is 0.137. The van der Waals surface area contributed by atoms with Crippen molar-refractivity contribution in [3.05, 3.63) is 34.6 Å². The highest BCUT2D eigenvalue weighted by Crippen LogP contribution is 2.29. The molecule has 0 fully saturated rings. The number of ether oxygens (including phenoxy) is 2. The number of benzene rings is 1. The molecule has 2 rings (SSSR count). The quantitative estimate of drug-likeness (QED) is 0.666. The zero-order valence-corrected chi connectivity index (χ0v) is 16.1. The van der Waals surface area contributed by atoms with Gasteiger partial charge in [-0.2, -0.15) is 5.10 Å². The molecule has 0 unspecified atom stereocenters. The standard InChI is InChI=1S/C15H20BrN3O4S/c1-11-13(16)10-19(18-11)8-4-7-17-24(20,21)12-5-6-14(22-2)15(9-12)23-3/h5-6,9-10,17H,4,7-8H2,1-3H3. The van der Waals surface area contributed by atoms with Gasteiger partial charge in [-0.1, -0.05) is 0 Å². The first-order valence-electron chi connectivity index (χ1n) is 7.28. The summed E-state index contributed by atoms with van der Waals surface area (Å²) in [6, 6.07) is 4.49. The van der Waals surface area contributed by atoms with Crippen LogP contribution in [0, 0.1) is 6.92 Å². The molecule has 0 spiro atoms. The molecule has 0 aliphatic carbocycles. The molecule has 0 radical (unpaired) electrons. The Morgan fingerprint density at radius 1 is 1.25 bits per heavy atom. The van der Waals surface area contributed by atoms with Crippen LogP contribution in [0.4, 0.5) is 0 Å². The van der Waals surface area contributed by atoms with Gasteiger partial charge >= 0.3 is 0 Å². The number of hydrogen-bond donors (Lipinski definition) is 1. The number of nitrogens with one attached hydrogen (secondary N) is 1. The first-order chi connectivity index (χ1) is 11.4. The lowest BCUT2D eigenvalue weighted by Crippen LogP contribution is -2.25. The summed E-state index contributed by atoms with van der Waals surface area (Å²) in [5, 5.41) is 4.31. The Labute approximate surface area is 150 Å². The van der Waals surface area contributed by atoms with Gasteiger partial charge in [0.2, 0.25) is 10.0 Å². The zero-order chi connectivity index (χ0) is 17.7. The summed E-state index contributed by atoms with van der Waals surface area (Å²) in [7, 11) is -0.636. The molecule has 2 aromatic rings. The van der Waals surface area contributed by atoms with E-state index >= 15 is 0 Å². The van der Waals surface area contributed by atoms with Crippen LogP contribution < -0.4 is 14.2 Å². The molecule has 9 heteroatoms. The fourth-order valence-electron chi connectivity index (χ4n) is 2.12. The number of methoxy groups -OCH3 is 2. The second-order valence-corrected chi connectivity index (χ2v) is 7.71. The highest BCUT2D eigenvalue weighted by molar-refractivity contribution is 9.10. The second kappa shape index (κ2) is 8.00. The molecule has 0 bridgehead atoms. The largest absolute Gasteiger partial charge is 0.493 e. The zero-order valence-electron chi connectivity index (χ0n) is 13.7. The minimum Gasteiger partial charge on any atom is -0.493 e. The molecule has 0 saturated carbocycles. The monoisotopic (exact) mass is 417 g/mol. The van der Waals surface area contributed by atoms with Gasteiger partial charge in [-0.05, 0) is 41.4 Å². The van der Waals surface area contributed by atoms with E-state index in [0.29, 0.717) is 31.0 Å². The highest BCUT2D eigenvalue weighted by Gasteiger charge is 2.16. The SMILES string of the molecule is COc1ccc(S(=O)(=O)NCCCn2cc(Br)c(C)n2)cc1OC. The van der Waals surface area contributed by atoms with Crippen molar-refractivity contribution in [1.29, 1.82) is 0 Å². The summed E-state index contributed by atoms with van der Waals surface area (Å²) < 4.78 is 40.2. The molecule has 7 nitrogen and oxygen atoms in total. The summed E-state index contributed by atoms with van der Waals surface area (Å²) in [5.74, 6) is 0.855. The van der Waals surface area contributed by atoms with Crippen LogP contribution in [0.3, 0.4) is 0 Å². The van der Waals surface area contributed by atoms with E-state index in [-0.39, 0.29) is 4.90 Å². The molecule has 1 heterocycles. The van der Waals surface area contributed by atoms with Crippen LogP contribution in [0.5, 0.6) is 11.5 Å². The molecule has 1 aromatic heterocycles. The van der Waals surface area contributed by atoms with Gasteiger partial charge < -0.3 is 9.47 Å². The van der Waals surface area contributed by atoms with Crippen LogP contribution in [-0.4, -0.2) is 39.0 Å². The summed E-state index contributed by atoms with van der Waals surface area (Å²) in [6.45, 7) is 2.84. The number of halogens is 1. The second-order valence-electron chi connectivity index (χ2n) is 5.09. The van der Waals surface area contributed by atoms with E-state index in [1.807, 2.05) is 13.1 Å². The fourth-order valence-corrected chi connectivity index (χ4v) is 3.53. The fraction of sp³-hybridized carbons (Fsp3) is 0.400.